The van der Waals surface area contributed by atoms with E-state index in [9.17, 15) is 43.2 Å². The molecule has 19 heteroatoms. The average Bonchev–Trinajstić information content (AvgIpc) is 2.59. The lowest BCUT2D eigenvalue weighted by molar-refractivity contribution is -0.161. The number of ether oxygens (including phenoxy) is 4. The van der Waals surface area contributed by atoms with Crippen molar-refractivity contribution in [1.82, 2.24) is 0 Å². The monoisotopic (exact) mass is 1400 g/mol. The van der Waals surface area contributed by atoms with E-state index in [2.05, 4.69) is 48.5 Å². The lowest BCUT2D eigenvalue weighted by atomic mass is 10.0. The highest BCUT2D eigenvalue weighted by atomic mass is 31.2. The molecule has 3 N–H and O–H groups in total. The van der Waals surface area contributed by atoms with Crippen LogP contribution in [0.4, 0.5) is 0 Å². The van der Waals surface area contributed by atoms with E-state index in [0.29, 0.717) is 37.5 Å². The molecule has 17 nitrogen and oxygen atoms in total. The van der Waals surface area contributed by atoms with Gasteiger partial charge in [0, 0.05) is 25.7 Å². The molecule has 2 unspecified atom stereocenters. The van der Waals surface area contributed by atoms with Gasteiger partial charge in [-0.3, -0.25) is 37.3 Å². The summed E-state index contributed by atoms with van der Waals surface area (Å²) in [4.78, 5) is 72.7. The average molecular weight is 1400 g/mol. The van der Waals surface area contributed by atoms with Gasteiger partial charge in [-0.15, -0.1) is 0 Å². The Hall–Kier alpha value is -1.94. The molecule has 0 saturated heterocycles. The predicted octanol–water partition coefficient (Wildman–Crippen LogP) is 22.2. The first kappa shape index (κ1) is 93.1. The first-order valence-corrected chi connectivity index (χ1v) is 42.3. The third-order valence-electron chi connectivity index (χ3n) is 17.6. The smallest absolute Gasteiger partial charge is 0.462 e. The van der Waals surface area contributed by atoms with Crippen molar-refractivity contribution in [2.24, 2.45) is 17.8 Å². The van der Waals surface area contributed by atoms with Gasteiger partial charge in [-0.1, -0.05) is 337 Å². The fourth-order valence-corrected chi connectivity index (χ4v) is 13.2. The number of aliphatic hydroxyl groups is 1. The van der Waals surface area contributed by atoms with Crippen LogP contribution in [-0.4, -0.2) is 96.7 Å². The maximum Gasteiger partial charge on any atom is 0.472 e. The highest BCUT2D eigenvalue weighted by Gasteiger charge is 2.30. The van der Waals surface area contributed by atoms with Crippen molar-refractivity contribution in [3.63, 3.8) is 0 Å². The van der Waals surface area contributed by atoms with Crippen molar-refractivity contribution < 1.29 is 80.2 Å². The van der Waals surface area contributed by atoms with Gasteiger partial charge in [0.2, 0.25) is 0 Å². The molecule has 0 aromatic rings. The molecule has 0 spiro atoms. The van der Waals surface area contributed by atoms with Crippen LogP contribution >= 0.6 is 15.6 Å². The zero-order chi connectivity index (χ0) is 70.1. The van der Waals surface area contributed by atoms with E-state index in [1.165, 1.54) is 193 Å². The summed E-state index contributed by atoms with van der Waals surface area (Å²) in [7, 11) is -9.91. The molecule has 0 aromatic carbocycles. The van der Waals surface area contributed by atoms with Crippen molar-refractivity contribution in [3.8, 4) is 0 Å². The first-order valence-electron chi connectivity index (χ1n) is 39.3. The van der Waals surface area contributed by atoms with Crippen LogP contribution in [0.25, 0.3) is 0 Å². The zero-order valence-corrected chi connectivity index (χ0v) is 63.9. The summed E-state index contributed by atoms with van der Waals surface area (Å²) in [6.07, 6.45) is 53.0. The van der Waals surface area contributed by atoms with Crippen molar-refractivity contribution in [1.29, 1.82) is 0 Å². The fraction of sp³-hybridized carbons (Fsp3) is 0.947. The SMILES string of the molecule is CCCCCCCCCCCCCCCCCCCCC(=O)O[C@H](COC(=O)CCCCCCCCCCCCCCCCC(C)C)COP(=O)(O)OC[C@@H](O)COP(=O)(O)OC[C@@H](COC(=O)CCCCCCCCCC(C)C)OC(=O)CCCCCCCCCC(C)C. The second-order valence-corrected chi connectivity index (χ2v) is 31.7. The molecule has 0 aromatic heterocycles. The Balaban J connectivity index is 5.22. The summed E-state index contributed by atoms with van der Waals surface area (Å²) in [5, 5.41) is 10.6. The van der Waals surface area contributed by atoms with Crippen LogP contribution in [0, 0.1) is 17.8 Å². The molecule has 0 aliphatic carbocycles. The van der Waals surface area contributed by atoms with E-state index >= 15 is 0 Å². The molecule has 564 valence electrons. The van der Waals surface area contributed by atoms with Crippen molar-refractivity contribution in [2.45, 2.75) is 407 Å². The molecule has 5 atom stereocenters. The summed E-state index contributed by atoms with van der Waals surface area (Å²) in [5.74, 6) is 0.0788. The molecule has 0 amide bonds. The molecule has 0 fully saturated rings. The second kappa shape index (κ2) is 66.6. The van der Waals surface area contributed by atoms with Crippen LogP contribution in [0.1, 0.15) is 389 Å². The Kier molecular flexibility index (Phi) is 65.2. The number of phosphoric ester groups is 2. The normalized spacial score (nSPS) is 14.1. The predicted molar refractivity (Wildman–Crippen MR) is 386 cm³/mol. The molecular weight excluding hydrogens is 1250 g/mol. The Morgan fingerprint density at radius 1 is 0.284 bits per heavy atom. The Morgan fingerprint density at radius 3 is 0.716 bits per heavy atom. The van der Waals surface area contributed by atoms with Gasteiger partial charge in [-0.25, -0.2) is 9.13 Å². The van der Waals surface area contributed by atoms with Crippen molar-refractivity contribution in [3.05, 3.63) is 0 Å². The standard InChI is InChI=1S/C76H148O17P2/c1-8-9-10-11-12-13-14-15-16-17-18-19-24-27-30-37-45-52-59-75(80)92-71(63-86-73(78)57-50-43-36-29-26-23-21-20-22-25-28-33-40-47-54-67(2)3)65-90-94(82,83)88-61-70(77)62-89-95(84,85)91-66-72(93-76(81)60-53-46-39-32-35-42-49-56-69(6)7)64-87-74(79)58-51-44-38-31-34-41-48-55-68(4)5/h67-72,77H,8-66H2,1-7H3,(H,82,83)(H,84,85)/t70-,71-,72-/m1/s1. The topological polar surface area (TPSA) is 237 Å². The largest absolute Gasteiger partial charge is 0.472 e. The Bertz CT molecular complexity index is 1850. The third kappa shape index (κ3) is 70.3. The van der Waals surface area contributed by atoms with Crippen LogP contribution in [0.15, 0.2) is 0 Å². The number of rotatable bonds is 74. The summed E-state index contributed by atoms with van der Waals surface area (Å²) < 4.78 is 68.5. The number of carbonyl (C=O) groups is 4. The van der Waals surface area contributed by atoms with Crippen molar-refractivity contribution >= 4 is 39.5 Å². The summed E-state index contributed by atoms with van der Waals surface area (Å²) >= 11 is 0. The van der Waals surface area contributed by atoms with Gasteiger partial charge in [-0.05, 0) is 43.4 Å². The van der Waals surface area contributed by atoms with Gasteiger partial charge < -0.3 is 33.8 Å². The Labute approximate surface area is 581 Å². The van der Waals surface area contributed by atoms with E-state index in [1.54, 1.807) is 0 Å². The van der Waals surface area contributed by atoms with Crippen molar-refractivity contribution in [2.75, 3.05) is 39.6 Å². The van der Waals surface area contributed by atoms with Gasteiger partial charge in [0.25, 0.3) is 0 Å². The van der Waals surface area contributed by atoms with E-state index in [4.69, 9.17) is 37.0 Å². The molecule has 0 aliphatic heterocycles. The molecule has 0 saturated carbocycles. The van der Waals surface area contributed by atoms with E-state index < -0.39 is 97.5 Å². The number of phosphoric acid groups is 2. The molecule has 0 aliphatic rings. The van der Waals surface area contributed by atoms with Crippen LogP contribution < -0.4 is 0 Å². The fourth-order valence-electron chi connectivity index (χ4n) is 11.6. The summed E-state index contributed by atoms with van der Waals surface area (Å²) in [6, 6.07) is 0. The van der Waals surface area contributed by atoms with Crippen LogP contribution in [0.5, 0.6) is 0 Å². The molecule has 95 heavy (non-hydrogen) atoms. The number of aliphatic hydroxyl groups excluding tert-OH is 1. The molecule has 0 heterocycles. The van der Waals surface area contributed by atoms with E-state index in [1.807, 2.05) is 0 Å². The van der Waals surface area contributed by atoms with E-state index in [0.717, 1.165) is 102 Å². The lowest BCUT2D eigenvalue weighted by Crippen LogP contribution is -2.30. The second-order valence-electron chi connectivity index (χ2n) is 28.8. The van der Waals surface area contributed by atoms with Gasteiger partial charge in [0.15, 0.2) is 12.2 Å². The maximum atomic E-state index is 13.1. The van der Waals surface area contributed by atoms with Gasteiger partial charge >= 0.3 is 39.5 Å². The molecular formula is C76H148O17P2. The summed E-state index contributed by atoms with van der Waals surface area (Å²) in [6.45, 7) is 11.8. The minimum Gasteiger partial charge on any atom is -0.462 e. The number of carbonyl (C=O) groups excluding carboxylic acids is 4. The number of hydrogen-bond acceptors (Lipinski definition) is 15. The highest BCUT2D eigenvalue weighted by Crippen LogP contribution is 2.45. The molecule has 0 rings (SSSR count). The van der Waals surface area contributed by atoms with Crippen LogP contribution in [0.3, 0.4) is 0 Å². The highest BCUT2D eigenvalue weighted by molar-refractivity contribution is 7.47. The van der Waals surface area contributed by atoms with Gasteiger partial charge in [0.05, 0.1) is 26.4 Å². The zero-order valence-electron chi connectivity index (χ0n) is 62.1. The number of hydrogen-bond donors (Lipinski definition) is 3. The van der Waals surface area contributed by atoms with Gasteiger partial charge in [-0.2, -0.15) is 0 Å². The number of esters is 4. The maximum absolute atomic E-state index is 13.1. The van der Waals surface area contributed by atoms with Crippen LogP contribution in [-0.2, 0) is 65.4 Å². The number of unbranched alkanes of at least 4 members (excludes halogenated alkanes) is 42. The quantitative estimate of drug-likeness (QED) is 0.0222. The molecule has 0 radical (unpaired) electrons. The lowest BCUT2D eigenvalue weighted by Gasteiger charge is -2.21. The first-order chi connectivity index (χ1) is 45.7. The van der Waals surface area contributed by atoms with Crippen LogP contribution in [0.2, 0.25) is 0 Å². The Morgan fingerprint density at radius 2 is 0.484 bits per heavy atom. The van der Waals surface area contributed by atoms with Gasteiger partial charge in [0.1, 0.15) is 19.3 Å². The minimum atomic E-state index is -4.96. The summed E-state index contributed by atoms with van der Waals surface area (Å²) in [5.41, 5.74) is 0. The molecule has 0 bridgehead atoms. The minimum absolute atomic E-state index is 0.103. The van der Waals surface area contributed by atoms with E-state index in [-0.39, 0.29) is 25.7 Å². The third-order valence-corrected chi connectivity index (χ3v) is 19.5.